The highest BCUT2D eigenvalue weighted by molar-refractivity contribution is 6.09. The molecule has 0 saturated heterocycles. The third kappa shape index (κ3) is 3.77. The fraction of sp³-hybridized carbons (Fsp3) is 0.353. The van der Waals surface area contributed by atoms with Gasteiger partial charge in [-0.25, -0.2) is 4.79 Å². The Hall–Kier alpha value is -2.63. The van der Waals surface area contributed by atoms with Crippen molar-refractivity contribution in [2.24, 2.45) is 0 Å². The maximum Gasteiger partial charge on any atom is 0.328 e. The lowest BCUT2D eigenvalue weighted by Crippen LogP contribution is -2.38. The van der Waals surface area contributed by atoms with Gasteiger partial charge in [0.05, 0.1) is 0 Å². The summed E-state index contributed by atoms with van der Waals surface area (Å²) in [5, 5.41) is 3.23. The van der Waals surface area contributed by atoms with Crippen LogP contribution in [0.3, 0.4) is 0 Å². The number of esters is 1. The van der Waals surface area contributed by atoms with E-state index in [9.17, 15) is 14.4 Å². The highest BCUT2D eigenvalue weighted by Gasteiger charge is 2.19. The molecule has 2 N–H and O–H groups in total. The number of carbonyl (C=O) groups is 3. The third-order valence-electron chi connectivity index (χ3n) is 3.60. The van der Waals surface area contributed by atoms with Crippen LogP contribution in [0.1, 0.15) is 36.7 Å². The van der Waals surface area contributed by atoms with Crippen LogP contribution in [-0.4, -0.2) is 35.3 Å². The Balaban J connectivity index is 2.07. The Labute approximate surface area is 134 Å². The number of ketones is 1. The molecule has 1 aromatic heterocycles. The number of aromatic nitrogens is 1. The molecule has 6 nitrogen and oxygen atoms in total. The molecule has 2 rings (SSSR count). The Morgan fingerprint density at radius 1 is 1.30 bits per heavy atom. The van der Waals surface area contributed by atoms with E-state index in [1.807, 2.05) is 25.1 Å². The van der Waals surface area contributed by atoms with Crippen LogP contribution in [0.25, 0.3) is 10.9 Å². The maximum atomic E-state index is 12.3. The molecule has 1 heterocycles. The topological polar surface area (TPSA) is 88.3 Å². The molecule has 0 unspecified atom stereocenters. The van der Waals surface area contributed by atoms with Crippen molar-refractivity contribution in [1.82, 2.24) is 10.3 Å². The quantitative estimate of drug-likeness (QED) is 0.630. The molecule has 1 atom stereocenters. The summed E-state index contributed by atoms with van der Waals surface area (Å²) >= 11 is 0. The van der Waals surface area contributed by atoms with E-state index in [1.54, 1.807) is 6.20 Å². The number of ether oxygens (including phenoxy) is 1. The van der Waals surface area contributed by atoms with Crippen LogP contribution in [0, 0.1) is 0 Å². The smallest absolute Gasteiger partial charge is 0.328 e. The predicted octanol–water partition coefficient (Wildman–Crippen LogP) is 1.98. The van der Waals surface area contributed by atoms with Crippen molar-refractivity contribution < 1.29 is 19.1 Å². The van der Waals surface area contributed by atoms with Gasteiger partial charge in [0.15, 0.2) is 6.61 Å². The van der Waals surface area contributed by atoms with Gasteiger partial charge in [-0.2, -0.15) is 0 Å². The van der Waals surface area contributed by atoms with E-state index < -0.39 is 12.0 Å². The number of aryl methyl sites for hydroxylation is 1. The minimum absolute atomic E-state index is 0.284. The molecular formula is C17H20N2O4. The average Bonchev–Trinajstić information content (AvgIpc) is 2.95. The largest absolute Gasteiger partial charge is 0.456 e. The van der Waals surface area contributed by atoms with Gasteiger partial charge in [-0.15, -0.1) is 0 Å². The number of rotatable bonds is 6. The van der Waals surface area contributed by atoms with E-state index in [-0.39, 0.29) is 18.3 Å². The molecule has 0 aliphatic heterocycles. The average molecular weight is 316 g/mol. The van der Waals surface area contributed by atoms with Crippen LogP contribution >= 0.6 is 0 Å². The van der Waals surface area contributed by atoms with E-state index in [0.717, 1.165) is 22.9 Å². The number of amides is 1. The summed E-state index contributed by atoms with van der Waals surface area (Å²) in [4.78, 5) is 38.0. The second-order valence-electron chi connectivity index (χ2n) is 5.35. The molecule has 0 aliphatic rings. The predicted molar refractivity (Wildman–Crippen MR) is 86.2 cm³/mol. The number of nitrogens with one attached hydrogen (secondary N) is 2. The normalized spacial score (nSPS) is 12.0. The van der Waals surface area contributed by atoms with E-state index in [0.29, 0.717) is 5.56 Å². The second-order valence-corrected chi connectivity index (χ2v) is 5.35. The molecule has 0 fully saturated rings. The van der Waals surface area contributed by atoms with Crippen molar-refractivity contribution in [3.05, 3.63) is 35.5 Å². The Kier molecular flexibility index (Phi) is 5.16. The van der Waals surface area contributed by atoms with E-state index >= 15 is 0 Å². The summed E-state index contributed by atoms with van der Waals surface area (Å²) in [6.07, 6.45) is 2.49. The van der Waals surface area contributed by atoms with Gasteiger partial charge in [-0.1, -0.05) is 25.1 Å². The zero-order valence-electron chi connectivity index (χ0n) is 13.4. The lowest BCUT2D eigenvalue weighted by atomic mass is 10.1. The highest BCUT2D eigenvalue weighted by atomic mass is 16.5. The number of Topliss-reactive ketones (excluding diaryl/α,β-unsaturated/α-hetero) is 1. The van der Waals surface area contributed by atoms with Crippen molar-refractivity contribution in [1.29, 1.82) is 0 Å². The van der Waals surface area contributed by atoms with Gasteiger partial charge in [0.1, 0.15) is 6.04 Å². The lowest BCUT2D eigenvalue weighted by molar-refractivity contribution is -0.146. The molecule has 0 bridgehead atoms. The summed E-state index contributed by atoms with van der Waals surface area (Å²) in [5.74, 6) is -1.25. The fourth-order valence-electron chi connectivity index (χ4n) is 2.45. The molecule has 0 aliphatic carbocycles. The summed E-state index contributed by atoms with van der Waals surface area (Å²) in [6, 6.07) is 4.98. The molecule has 1 amide bonds. The number of carbonyl (C=O) groups excluding carboxylic acids is 3. The van der Waals surface area contributed by atoms with Crippen molar-refractivity contribution in [3.8, 4) is 0 Å². The monoisotopic (exact) mass is 316 g/mol. The van der Waals surface area contributed by atoms with Gasteiger partial charge in [-0.3, -0.25) is 9.59 Å². The molecule has 0 radical (unpaired) electrons. The summed E-state index contributed by atoms with van der Waals surface area (Å²) < 4.78 is 4.98. The maximum absolute atomic E-state index is 12.3. The van der Waals surface area contributed by atoms with Crippen LogP contribution in [0.2, 0.25) is 0 Å². The zero-order valence-corrected chi connectivity index (χ0v) is 13.4. The minimum Gasteiger partial charge on any atom is -0.456 e. The van der Waals surface area contributed by atoms with Crippen LogP contribution in [0.5, 0.6) is 0 Å². The lowest BCUT2D eigenvalue weighted by Gasteiger charge is -2.11. The SMILES string of the molecule is CCc1cccc2c(C(=O)COC(=O)[C@@H](C)NC(C)=O)c[nH]c12. The van der Waals surface area contributed by atoms with Crippen molar-refractivity contribution in [3.63, 3.8) is 0 Å². The number of fused-ring (bicyclic) bond motifs is 1. The fourth-order valence-corrected chi connectivity index (χ4v) is 2.45. The zero-order chi connectivity index (χ0) is 17.0. The Bertz CT molecular complexity index is 748. The molecule has 0 saturated carbocycles. The molecule has 0 spiro atoms. The van der Waals surface area contributed by atoms with Crippen molar-refractivity contribution in [2.45, 2.75) is 33.2 Å². The first-order valence-electron chi connectivity index (χ1n) is 7.50. The van der Waals surface area contributed by atoms with Gasteiger partial charge in [0, 0.05) is 29.6 Å². The summed E-state index contributed by atoms with van der Waals surface area (Å²) in [7, 11) is 0. The standard InChI is InChI=1S/C17H20N2O4/c1-4-12-6-5-7-13-14(8-18-16(12)13)15(21)9-23-17(22)10(2)19-11(3)20/h5-8,10,18H,4,9H2,1-3H3,(H,19,20)/t10-/m1/s1. The van der Waals surface area contributed by atoms with Crippen LogP contribution in [-0.2, 0) is 20.7 Å². The summed E-state index contributed by atoms with van der Waals surface area (Å²) in [6.45, 7) is 4.51. The first-order chi connectivity index (χ1) is 10.9. The van der Waals surface area contributed by atoms with Crippen molar-refractivity contribution >= 4 is 28.6 Å². The molecule has 23 heavy (non-hydrogen) atoms. The molecule has 122 valence electrons. The molecule has 6 heteroatoms. The number of H-pyrrole nitrogens is 1. The van der Waals surface area contributed by atoms with Crippen LogP contribution < -0.4 is 5.32 Å². The number of hydrogen-bond acceptors (Lipinski definition) is 4. The molecular weight excluding hydrogens is 296 g/mol. The second kappa shape index (κ2) is 7.09. The van der Waals surface area contributed by atoms with Gasteiger partial charge >= 0.3 is 5.97 Å². The van der Waals surface area contributed by atoms with Crippen LogP contribution in [0.15, 0.2) is 24.4 Å². The Morgan fingerprint density at radius 3 is 2.70 bits per heavy atom. The van der Waals surface area contributed by atoms with Gasteiger partial charge in [0.2, 0.25) is 11.7 Å². The highest BCUT2D eigenvalue weighted by Crippen LogP contribution is 2.22. The van der Waals surface area contributed by atoms with E-state index in [1.165, 1.54) is 13.8 Å². The number of aromatic amines is 1. The molecule has 2 aromatic rings. The number of hydrogen-bond donors (Lipinski definition) is 2. The van der Waals surface area contributed by atoms with Crippen LogP contribution in [0.4, 0.5) is 0 Å². The Morgan fingerprint density at radius 2 is 2.04 bits per heavy atom. The molecule has 1 aromatic carbocycles. The first kappa shape index (κ1) is 16.7. The summed E-state index contributed by atoms with van der Waals surface area (Å²) in [5.41, 5.74) is 2.55. The number of benzene rings is 1. The van der Waals surface area contributed by atoms with Gasteiger partial charge in [-0.05, 0) is 18.9 Å². The van der Waals surface area contributed by atoms with Gasteiger partial charge in [0.25, 0.3) is 0 Å². The van der Waals surface area contributed by atoms with E-state index in [4.69, 9.17) is 4.74 Å². The van der Waals surface area contributed by atoms with Crippen molar-refractivity contribution in [2.75, 3.05) is 6.61 Å². The van der Waals surface area contributed by atoms with Gasteiger partial charge < -0.3 is 15.0 Å². The van der Waals surface area contributed by atoms with E-state index in [2.05, 4.69) is 10.3 Å². The third-order valence-corrected chi connectivity index (χ3v) is 3.60. The minimum atomic E-state index is -0.782. The first-order valence-corrected chi connectivity index (χ1v) is 7.50. The number of para-hydroxylation sites is 1.